The number of nitrogens with zero attached hydrogens (tertiary/aromatic N) is 4. The number of aromatic hydroxyl groups is 1. The Morgan fingerprint density at radius 2 is 1.92 bits per heavy atom. The molecule has 1 aliphatic rings. The quantitative estimate of drug-likeness (QED) is 0.112. The molecule has 0 saturated carbocycles. The molecule has 2 aromatic heterocycles. The number of hydrogen-bond acceptors (Lipinski definition) is 13. The van der Waals surface area contributed by atoms with Gasteiger partial charge in [0.1, 0.15) is 29.6 Å². The standard InChI is InChI=1S/C32H43N6O9P/c1-17(2)22(28(41)44-15-31(4,5)6)37-48(43,47-24-18(3)12-13-19-10-8-9-11-20(19)24)45-14-21-25(39)32(7,42)29(46-21)38-16-34-23-26(38)35-30(33)36-27(23)40/h8-13,16-17,21-22,25,29,39,42H,14-15H2,1-7H3,(H,37,43)(H3,33,35,36,40)/t21-,22+,25-,29?,32-,48?/m1/s1. The van der Waals surface area contributed by atoms with Crippen LogP contribution < -0.4 is 15.3 Å². The molecular formula is C32H43N6O9P. The van der Waals surface area contributed by atoms with Gasteiger partial charge in [-0.15, -0.1) is 0 Å². The third-order valence-electron chi connectivity index (χ3n) is 7.99. The number of esters is 1. The van der Waals surface area contributed by atoms with Crippen LogP contribution in [-0.4, -0.2) is 77.9 Å². The fourth-order valence-corrected chi connectivity index (χ4v) is 7.09. The zero-order valence-electron chi connectivity index (χ0n) is 27.9. The maximum atomic E-state index is 14.7. The van der Waals surface area contributed by atoms with E-state index in [1.54, 1.807) is 20.8 Å². The van der Waals surface area contributed by atoms with E-state index in [1.165, 1.54) is 17.8 Å². The lowest BCUT2D eigenvalue weighted by Crippen LogP contribution is -2.45. The molecular weight excluding hydrogens is 643 g/mol. The van der Waals surface area contributed by atoms with Gasteiger partial charge in [-0.3, -0.25) is 13.9 Å². The van der Waals surface area contributed by atoms with Gasteiger partial charge in [0.2, 0.25) is 11.8 Å². The average molecular weight is 687 g/mol. The summed E-state index contributed by atoms with van der Waals surface area (Å²) in [5.41, 5.74) is 4.18. The van der Waals surface area contributed by atoms with E-state index < -0.39 is 62.2 Å². The lowest BCUT2D eigenvalue weighted by molar-refractivity contribution is -0.149. The summed E-state index contributed by atoms with van der Waals surface area (Å²) in [6, 6.07) is 9.99. The van der Waals surface area contributed by atoms with Crippen molar-refractivity contribution in [1.82, 2.24) is 24.6 Å². The molecule has 0 spiro atoms. The van der Waals surface area contributed by atoms with Crippen LogP contribution in [0.2, 0.25) is 0 Å². The molecule has 5 rings (SSSR count). The molecule has 16 heteroatoms. The monoisotopic (exact) mass is 686 g/mol. The molecule has 1 aliphatic heterocycles. The number of aliphatic hydroxyl groups is 2. The van der Waals surface area contributed by atoms with E-state index in [2.05, 4.69) is 20.0 Å². The maximum absolute atomic E-state index is 14.7. The van der Waals surface area contributed by atoms with Gasteiger partial charge in [-0.1, -0.05) is 71.0 Å². The Morgan fingerprint density at radius 1 is 1.21 bits per heavy atom. The van der Waals surface area contributed by atoms with Gasteiger partial charge in [0.05, 0.1) is 19.5 Å². The number of aryl methyl sites for hydroxylation is 1. The van der Waals surface area contributed by atoms with E-state index in [9.17, 15) is 24.7 Å². The molecule has 2 unspecified atom stereocenters. The van der Waals surface area contributed by atoms with Crippen molar-refractivity contribution in [3.63, 3.8) is 0 Å². The van der Waals surface area contributed by atoms with E-state index in [4.69, 9.17) is 24.3 Å². The highest BCUT2D eigenvalue weighted by molar-refractivity contribution is 7.52. The minimum Gasteiger partial charge on any atom is -0.492 e. The molecule has 0 aliphatic carbocycles. The second-order valence-corrected chi connectivity index (χ2v) is 15.5. The lowest BCUT2D eigenvalue weighted by atomic mass is 9.96. The van der Waals surface area contributed by atoms with Crippen molar-refractivity contribution in [3.8, 4) is 11.6 Å². The lowest BCUT2D eigenvalue weighted by Gasteiger charge is -2.29. The number of carbonyl (C=O) groups is 1. The van der Waals surface area contributed by atoms with Crippen LogP contribution >= 0.6 is 7.75 Å². The Balaban J connectivity index is 1.46. The van der Waals surface area contributed by atoms with Crippen molar-refractivity contribution >= 4 is 41.6 Å². The first-order valence-electron chi connectivity index (χ1n) is 15.5. The third-order valence-corrected chi connectivity index (χ3v) is 9.50. The van der Waals surface area contributed by atoms with E-state index >= 15 is 0 Å². The van der Waals surface area contributed by atoms with Gasteiger partial charge in [-0.2, -0.15) is 15.1 Å². The van der Waals surface area contributed by atoms with Gasteiger partial charge in [0.15, 0.2) is 17.4 Å². The van der Waals surface area contributed by atoms with Gasteiger partial charge in [0, 0.05) is 5.39 Å². The molecule has 260 valence electrons. The predicted molar refractivity (Wildman–Crippen MR) is 177 cm³/mol. The van der Waals surface area contributed by atoms with Crippen molar-refractivity contribution < 1.29 is 43.2 Å². The van der Waals surface area contributed by atoms with Gasteiger partial charge < -0.3 is 35.1 Å². The minimum absolute atomic E-state index is 0.00317. The number of nitrogen functional groups attached to an aromatic ring is 1. The van der Waals surface area contributed by atoms with E-state index in [-0.39, 0.29) is 34.9 Å². The van der Waals surface area contributed by atoms with Crippen LogP contribution in [0, 0.1) is 18.3 Å². The van der Waals surface area contributed by atoms with Crippen LogP contribution in [0.4, 0.5) is 5.95 Å². The van der Waals surface area contributed by atoms with Crippen LogP contribution in [0.25, 0.3) is 21.9 Å². The number of aromatic nitrogens is 4. The number of carbonyl (C=O) groups excluding carboxylic acids is 1. The van der Waals surface area contributed by atoms with Crippen molar-refractivity contribution in [2.75, 3.05) is 18.9 Å². The first-order chi connectivity index (χ1) is 22.4. The Morgan fingerprint density at radius 3 is 2.60 bits per heavy atom. The highest BCUT2D eigenvalue weighted by Gasteiger charge is 2.54. The fraction of sp³-hybridized carbons (Fsp3) is 0.500. The summed E-state index contributed by atoms with van der Waals surface area (Å²) in [5, 5.41) is 37.1. The molecule has 2 aromatic carbocycles. The summed E-state index contributed by atoms with van der Waals surface area (Å²) in [6.07, 6.45) is -2.86. The third kappa shape index (κ3) is 7.26. The van der Waals surface area contributed by atoms with Crippen molar-refractivity contribution in [2.24, 2.45) is 11.3 Å². The van der Waals surface area contributed by atoms with Crippen LogP contribution in [0.1, 0.15) is 53.3 Å². The minimum atomic E-state index is -4.47. The number of rotatable bonds is 11. The number of benzene rings is 2. The SMILES string of the molecule is Cc1ccc2ccccc2c1OP(=O)(N[C@H](C(=O)OCC(C)(C)C)C(C)C)OC[C@H]1OC(n2cnc3c(O)nc(N)nc32)[C@](C)(O)[C@@H]1O. The number of imidazole rings is 1. The molecule has 48 heavy (non-hydrogen) atoms. The summed E-state index contributed by atoms with van der Waals surface area (Å²) >= 11 is 0. The first kappa shape index (κ1) is 35.5. The Bertz CT molecular complexity index is 1860. The summed E-state index contributed by atoms with van der Waals surface area (Å²) in [4.78, 5) is 25.2. The molecule has 4 aromatic rings. The first-order valence-corrected chi connectivity index (χ1v) is 17.1. The van der Waals surface area contributed by atoms with E-state index in [1.807, 2.05) is 57.2 Å². The molecule has 3 heterocycles. The molecule has 1 fully saturated rings. The van der Waals surface area contributed by atoms with Crippen LogP contribution in [0.15, 0.2) is 42.7 Å². The van der Waals surface area contributed by atoms with Crippen molar-refractivity contribution in [2.45, 2.75) is 78.5 Å². The molecule has 6 N–H and O–H groups in total. The molecule has 0 amide bonds. The van der Waals surface area contributed by atoms with Gasteiger partial charge in [-0.05, 0) is 36.1 Å². The molecule has 6 atom stereocenters. The smallest absolute Gasteiger partial charge is 0.459 e. The van der Waals surface area contributed by atoms with Gasteiger partial charge >= 0.3 is 13.7 Å². The number of fused-ring (bicyclic) bond motifs is 2. The van der Waals surface area contributed by atoms with E-state index in [0.717, 1.165) is 5.39 Å². The molecule has 15 nitrogen and oxygen atoms in total. The van der Waals surface area contributed by atoms with Crippen molar-refractivity contribution in [1.29, 1.82) is 0 Å². The second-order valence-electron chi connectivity index (χ2n) is 13.8. The topological polar surface area (TPSA) is 213 Å². The second kappa shape index (κ2) is 13.2. The largest absolute Gasteiger partial charge is 0.492 e. The number of nitrogens with one attached hydrogen (secondary N) is 1. The van der Waals surface area contributed by atoms with Crippen LogP contribution in [-0.2, 0) is 23.4 Å². The number of ether oxygens (including phenoxy) is 2. The Labute approximate surface area is 278 Å². The zero-order valence-corrected chi connectivity index (χ0v) is 28.8. The predicted octanol–water partition coefficient (Wildman–Crippen LogP) is 3.99. The zero-order chi connectivity index (χ0) is 35.2. The van der Waals surface area contributed by atoms with Crippen LogP contribution in [0.5, 0.6) is 11.6 Å². The van der Waals surface area contributed by atoms with E-state index in [0.29, 0.717) is 10.9 Å². The summed E-state index contributed by atoms with van der Waals surface area (Å²) in [7, 11) is -4.47. The number of aliphatic hydroxyl groups excluding tert-OH is 1. The summed E-state index contributed by atoms with van der Waals surface area (Å²) < 4.78 is 39.8. The number of hydrogen-bond donors (Lipinski definition) is 5. The summed E-state index contributed by atoms with van der Waals surface area (Å²) in [6.45, 7) is 12.0. The molecule has 1 saturated heterocycles. The summed E-state index contributed by atoms with van der Waals surface area (Å²) in [5.74, 6) is -1.48. The fourth-order valence-electron chi connectivity index (χ4n) is 5.34. The Kier molecular flexibility index (Phi) is 9.77. The number of nitrogens with two attached hydrogens (primary N) is 1. The van der Waals surface area contributed by atoms with Crippen LogP contribution in [0.3, 0.4) is 0 Å². The maximum Gasteiger partial charge on any atom is 0.459 e. The van der Waals surface area contributed by atoms with Gasteiger partial charge in [-0.25, -0.2) is 9.55 Å². The number of anilines is 1. The highest BCUT2D eigenvalue weighted by atomic mass is 31.2. The molecule has 0 bridgehead atoms. The normalized spacial score (nSPS) is 23.4. The molecule has 0 radical (unpaired) electrons. The van der Waals surface area contributed by atoms with Gasteiger partial charge in [0.25, 0.3) is 0 Å². The highest BCUT2D eigenvalue weighted by Crippen LogP contribution is 2.50. The average Bonchev–Trinajstić information content (AvgIpc) is 3.52. The van der Waals surface area contributed by atoms with Crippen molar-refractivity contribution in [3.05, 3.63) is 48.3 Å². The Hall–Kier alpha value is -3.85.